The number of nitrogens with one attached hydrogen (secondary N) is 1. The fourth-order valence-electron chi connectivity index (χ4n) is 1.59. The van der Waals surface area contributed by atoms with Gasteiger partial charge < -0.3 is 11.2 Å². The number of aromatic nitrogens is 3. The summed E-state index contributed by atoms with van der Waals surface area (Å²) in [6.07, 6.45) is 0. The first-order chi connectivity index (χ1) is 9.49. The van der Waals surface area contributed by atoms with Crippen molar-refractivity contribution in [3.8, 4) is 0 Å². The lowest BCUT2D eigenvalue weighted by Gasteiger charge is -2.12. The van der Waals surface area contributed by atoms with E-state index >= 15 is 0 Å². The number of carbonyl (C=O) groups excluding carboxylic acids is 1. The molecular weight excluding hydrogens is 274 g/mol. The van der Waals surface area contributed by atoms with Gasteiger partial charge in [-0.2, -0.15) is 0 Å². The molecule has 20 heavy (non-hydrogen) atoms. The zero-order valence-corrected chi connectivity index (χ0v) is 12.4. The topological polar surface area (TPSA) is 85.8 Å². The minimum absolute atomic E-state index is 0.0926. The summed E-state index contributed by atoms with van der Waals surface area (Å²) < 4.78 is 1.38. The number of thioether (sulfide) groups is 1. The molecule has 0 saturated carbocycles. The van der Waals surface area contributed by atoms with E-state index in [9.17, 15) is 4.79 Å². The van der Waals surface area contributed by atoms with Crippen LogP contribution in [0.15, 0.2) is 29.4 Å². The molecule has 1 atom stereocenters. The van der Waals surface area contributed by atoms with Gasteiger partial charge in [-0.05, 0) is 32.4 Å². The van der Waals surface area contributed by atoms with E-state index in [1.54, 1.807) is 6.92 Å². The van der Waals surface area contributed by atoms with E-state index in [-0.39, 0.29) is 11.2 Å². The number of nitrogen functional groups attached to an aromatic ring is 1. The molecule has 0 fully saturated rings. The van der Waals surface area contributed by atoms with Crippen LogP contribution < -0.4 is 11.2 Å². The standard InChI is InChI=1S/C13H17N5OS/c1-8-6-4-5-7-11(8)15-12(19)9(2)20-13-17-16-10(3)18(13)14/h4-7,9H,14H2,1-3H3,(H,15,19). The average molecular weight is 291 g/mol. The first-order valence-corrected chi connectivity index (χ1v) is 7.07. The maximum absolute atomic E-state index is 12.2. The molecular formula is C13H17N5OS. The lowest BCUT2D eigenvalue weighted by molar-refractivity contribution is -0.115. The highest BCUT2D eigenvalue weighted by Crippen LogP contribution is 2.22. The second-order valence-corrected chi connectivity index (χ2v) is 5.77. The zero-order chi connectivity index (χ0) is 14.7. The first kappa shape index (κ1) is 14.4. The molecule has 2 aromatic rings. The van der Waals surface area contributed by atoms with Crippen LogP contribution in [0.5, 0.6) is 0 Å². The van der Waals surface area contributed by atoms with Crippen LogP contribution in [0.2, 0.25) is 0 Å². The number of hydrogen-bond donors (Lipinski definition) is 2. The van der Waals surface area contributed by atoms with Crippen LogP contribution in [-0.2, 0) is 4.79 Å². The molecule has 1 amide bonds. The Labute approximate surface area is 121 Å². The molecule has 7 heteroatoms. The summed E-state index contributed by atoms with van der Waals surface area (Å²) in [7, 11) is 0. The zero-order valence-electron chi connectivity index (χ0n) is 11.6. The molecule has 1 aromatic carbocycles. The van der Waals surface area contributed by atoms with Crippen LogP contribution in [-0.4, -0.2) is 26.0 Å². The van der Waals surface area contributed by atoms with Crippen LogP contribution in [0.3, 0.4) is 0 Å². The highest BCUT2D eigenvalue weighted by molar-refractivity contribution is 8.00. The van der Waals surface area contributed by atoms with Gasteiger partial charge in [0.2, 0.25) is 11.1 Å². The van der Waals surface area contributed by atoms with Gasteiger partial charge in [-0.25, -0.2) is 4.68 Å². The summed E-state index contributed by atoms with van der Waals surface area (Å²) >= 11 is 1.28. The summed E-state index contributed by atoms with van der Waals surface area (Å²) in [5.74, 6) is 6.28. The number of benzene rings is 1. The van der Waals surface area contributed by atoms with E-state index in [2.05, 4.69) is 15.5 Å². The largest absolute Gasteiger partial charge is 0.336 e. The van der Waals surface area contributed by atoms with Gasteiger partial charge in [-0.3, -0.25) is 4.79 Å². The van der Waals surface area contributed by atoms with E-state index in [0.29, 0.717) is 11.0 Å². The monoisotopic (exact) mass is 291 g/mol. The number of nitrogens with zero attached hydrogens (tertiary/aromatic N) is 3. The summed E-state index contributed by atoms with van der Waals surface area (Å²) in [5.41, 5.74) is 1.84. The molecule has 0 aliphatic heterocycles. The van der Waals surface area contributed by atoms with Crippen molar-refractivity contribution >= 4 is 23.4 Å². The SMILES string of the molecule is Cc1ccccc1NC(=O)C(C)Sc1nnc(C)n1N. The predicted octanol–water partition coefficient (Wildman–Crippen LogP) is 1.73. The molecule has 0 aliphatic rings. The molecule has 1 unspecified atom stereocenters. The third-order valence-electron chi connectivity index (χ3n) is 2.89. The molecule has 0 spiro atoms. The molecule has 3 N–H and O–H groups in total. The molecule has 1 heterocycles. The summed E-state index contributed by atoms with van der Waals surface area (Å²) in [6, 6.07) is 7.65. The average Bonchev–Trinajstić information content (AvgIpc) is 2.73. The quantitative estimate of drug-likeness (QED) is 0.662. The van der Waals surface area contributed by atoms with Crippen LogP contribution >= 0.6 is 11.8 Å². The molecule has 0 radical (unpaired) electrons. The molecule has 1 aromatic heterocycles. The Balaban J connectivity index is 2.03. The lowest BCUT2D eigenvalue weighted by atomic mass is 10.2. The van der Waals surface area contributed by atoms with Crippen molar-refractivity contribution in [2.24, 2.45) is 0 Å². The van der Waals surface area contributed by atoms with Crippen molar-refractivity contribution in [3.63, 3.8) is 0 Å². The second-order valence-electron chi connectivity index (χ2n) is 4.46. The molecule has 106 valence electrons. The molecule has 6 nitrogen and oxygen atoms in total. The highest BCUT2D eigenvalue weighted by atomic mass is 32.2. The number of rotatable bonds is 4. The minimum Gasteiger partial charge on any atom is -0.336 e. The van der Waals surface area contributed by atoms with E-state index in [1.807, 2.05) is 38.1 Å². The summed E-state index contributed by atoms with van der Waals surface area (Å²) in [4.78, 5) is 12.2. The Morgan fingerprint density at radius 1 is 1.35 bits per heavy atom. The number of hydrogen-bond acceptors (Lipinski definition) is 5. The number of amides is 1. The Morgan fingerprint density at radius 2 is 2.05 bits per heavy atom. The Hall–Kier alpha value is -2.02. The smallest absolute Gasteiger partial charge is 0.237 e. The van der Waals surface area contributed by atoms with Gasteiger partial charge in [0.15, 0.2) is 0 Å². The maximum atomic E-state index is 12.2. The fourth-order valence-corrected chi connectivity index (χ4v) is 2.41. The van der Waals surface area contributed by atoms with E-state index in [4.69, 9.17) is 5.84 Å². The van der Waals surface area contributed by atoms with E-state index in [0.717, 1.165) is 11.3 Å². The highest BCUT2D eigenvalue weighted by Gasteiger charge is 2.18. The Kier molecular flexibility index (Phi) is 4.29. The van der Waals surface area contributed by atoms with Crippen molar-refractivity contribution in [2.75, 3.05) is 11.2 Å². The van der Waals surface area contributed by atoms with Crippen molar-refractivity contribution < 1.29 is 4.79 Å². The number of aryl methyl sites for hydroxylation is 2. The van der Waals surface area contributed by atoms with Crippen molar-refractivity contribution in [1.29, 1.82) is 0 Å². The van der Waals surface area contributed by atoms with Gasteiger partial charge in [0, 0.05) is 5.69 Å². The van der Waals surface area contributed by atoms with Gasteiger partial charge in [0.25, 0.3) is 0 Å². The van der Waals surface area contributed by atoms with Crippen molar-refractivity contribution in [2.45, 2.75) is 31.2 Å². The molecule has 2 rings (SSSR count). The van der Waals surface area contributed by atoms with Gasteiger partial charge >= 0.3 is 0 Å². The lowest BCUT2D eigenvalue weighted by Crippen LogP contribution is -2.24. The number of para-hydroxylation sites is 1. The van der Waals surface area contributed by atoms with Gasteiger partial charge in [0.1, 0.15) is 5.82 Å². The third-order valence-corrected chi connectivity index (χ3v) is 3.95. The first-order valence-electron chi connectivity index (χ1n) is 6.19. The summed E-state index contributed by atoms with van der Waals surface area (Å²) in [5, 5.41) is 10.9. The summed E-state index contributed by atoms with van der Waals surface area (Å²) in [6.45, 7) is 5.52. The molecule has 0 aliphatic carbocycles. The van der Waals surface area contributed by atoms with Crippen LogP contribution in [0.25, 0.3) is 0 Å². The minimum atomic E-state index is -0.319. The molecule has 0 bridgehead atoms. The number of nitrogens with two attached hydrogens (primary N) is 1. The maximum Gasteiger partial charge on any atom is 0.237 e. The fraction of sp³-hybridized carbons (Fsp3) is 0.308. The van der Waals surface area contributed by atoms with E-state index < -0.39 is 0 Å². The number of anilines is 1. The van der Waals surface area contributed by atoms with Crippen LogP contribution in [0.1, 0.15) is 18.3 Å². The second kappa shape index (κ2) is 5.96. The predicted molar refractivity (Wildman–Crippen MR) is 80.0 cm³/mol. The molecule has 0 saturated heterocycles. The Bertz CT molecular complexity index is 625. The van der Waals surface area contributed by atoms with Gasteiger partial charge in [0.05, 0.1) is 5.25 Å². The van der Waals surface area contributed by atoms with E-state index in [1.165, 1.54) is 16.4 Å². The van der Waals surface area contributed by atoms with Crippen LogP contribution in [0.4, 0.5) is 5.69 Å². The van der Waals surface area contributed by atoms with Crippen molar-refractivity contribution in [1.82, 2.24) is 14.9 Å². The Morgan fingerprint density at radius 3 is 2.65 bits per heavy atom. The van der Waals surface area contributed by atoms with Crippen molar-refractivity contribution in [3.05, 3.63) is 35.7 Å². The van der Waals surface area contributed by atoms with Crippen LogP contribution in [0, 0.1) is 13.8 Å². The van der Waals surface area contributed by atoms with Gasteiger partial charge in [-0.15, -0.1) is 10.2 Å². The third kappa shape index (κ3) is 3.11. The van der Waals surface area contributed by atoms with Gasteiger partial charge in [-0.1, -0.05) is 30.0 Å². The number of carbonyl (C=O) groups is 1. The normalized spacial score (nSPS) is 12.2.